The fraction of sp³-hybridized carbons (Fsp3) is 0.633. The van der Waals surface area contributed by atoms with Crippen LogP contribution in [0, 0.1) is 0 Å². The van der Waals surface area contributed by atoms with Crippen LogP contribution < -0.4 is 0 Å². The number of halogens is 1. The van der Waals surface area contributed by atoms with Gasteiger partial charge in [0, 0.05) is 51.2 Å². The van der Waals surface area contributed by atoms with Gasteiger partial charge in [-0.2, -0.15) is 0 Å². The first-order valence-corrected chi connectivity index (χ1v) is 14.4. The van der Waals surface area contributed by atoms with Crippen LogP contribution in [0.5, 0.6) is 0 Å². The van der Waals surface area contributed by atoms with E-state index in [2.05, 4.69) is 13.0 Å². The first-order chi connectivity index (χ1) is 19.3. The average Bonchev–Trinajstić information content (AvgIpc) is 3.29. The maximum absolute atomic E-state index is 12.8. The van der Waals surface area contributed by atoms with E-state index in [1.165, 1.54) is 64.0 Å². The Kier molecular flexibility index (Phi) is 18.0. The second-order valence-corrected chi connectivity index (χ2v) is 10.0. The van der Waals surface area contributed by atoms with Gasteiger partial charge in [0.1, 0.15) is 17.6 Å². The lowest BCUT2D eigenvalue weighted by molar-refractivity contribution is -0.140. The fourth-order valence-corrected chi connectivity index (χ4v) is 4.55. The number of allylic oxidation sites excluding steroid dienone is 2. The molecule has 0 spiro atoms. The molecule has 0 aliphatic carbocycles. The second-order valence-electron chi connectivity index (χ2n) is 9.81. The van der Waals surface area contributed by atoms with Gasteiger partial charge in [0.05, 0.1) is 26.9 Å². The summed E-state index contributed by atoms with van der Waals surface area (Å²) in [6, 6.07) is -0.892. The van der Waals surface area contributed by atoms with Gasteiger partial charge in [-0.15, -0.1) is 0 Å². The molecule has 226 valence electrons. The number of likely N-dealkylation sites (N-methyl/N-ethyl adjacent to an activating group) is 1. The number of carbonyl (C=O) groups is 3. The van der Waals surface area contributed by atoms with Crippen LogP contribution in [0.15, 0.2) is 46.9 Å². The molecule has 0 saturated carbocycles. The first kappa shape index (κ1) is 35.4. The molecule has 10 heteroatoms. The summed E-state index contributed by atoms with van der Waals surface area (Å²) in [5.74, 6) is -0.803. The number of carbonyl (C=O) groups excluding carboxylic acids is 3. The zero-order valence-electron chi connectivity index (χ0n) is 24.7. The molecule has 0 aromatic carbocycles. The molecule has 1 unspecified atom stereocenters. The summed E-state index contributed by atoms with van der Waals surface area (Å²) in [7, 11) is 6.21. The molecule has 1 N–H and O–H groups in total. The molecule has 0 aromatic heterocycles. The molecule has 2 atom stereocenters. The van der Waals surface area contributed by atoms with Crippen LogP contribution in [0.4, 0.5) is 0 Å². The fourth-order valence-electron chi connectivity index (χ4n) is 4.40. The van der Waals surface area contributed by atoms with E-state index in [-0.39, 0.29) is 36.5 Å². The van der Waals surface area contributed by atoms with Gasteiger partial charge in [-0.05, 0) is 24.8 Å². The van der Waals surface area contributed by atoms with E-state index in [9.17, 15) is 19.5 Å². The normalized spacial score (nSPS) is 16.9. The Labute approximate surface area is 244 Å². The summed E-state index contributed by atoms with van der Waals surface area (Å²) in [6.45, 7) is 2.00. The molecule has 40 heavy (non-hydrogen) atoms. The van der Waals surface area contributed by atoms with Gasteiger partial charge in [0.2, 0.25) is 5.91 Å². The monoisotopic (exact) mass is 582 g/mol. The number of unbranched alkanes of at least 4 members (excludes halogenated alkanes) is 4. The molecule has 0 bridgehead atoms. The molecule has 0 fully saturated rings. The third kappa shape index (κ3) is 12.3. The molecule has 0 saturated heterocycles. The lowest BCUT2D eigenvalue weighted by atomic mass is 10.1. The van der Waals surface area contributed by atoms with Crippen LogP contribution >= 0.6 is 11.6 Å². The van der Waals surface area contributed by atoms with E-state index < -0.39 is 24.5 Å². The first-order valence-electron chi connectivity index (χ1n) is 13.9. The molecule has 0 radical (unpaired) electrons. The van der Waals surface area contributed by atoms with Crippen molar-refractivity contribution in [2.24, 2.45) is 0 Å². The SMILES string of the molecule is CCCCCCCC(C/C=C/CCC(=O)N(C)C/C(=C\Cl)C/C(=C\C(=O)N1C(=O)C=C(OC)[C@H]1CO)OC)OC. The number of imide groups is 1. The van der Waals surface area contributed by atoms with E-state index in [0.29, 0.717) is 18.4 Å². The Morgan fingerprint density at radius 1 is 1.18 bits per heavy atom. The van der Waals surface area contributed by atoms with E-state index in [1.54, 1.807) is 19.1 Å². The van der Waals surface area contributed by atoms with Crippen LogP contribution in [0.1, 0.15) is 71.1 Å². The third-order valence-corrected chi connectivity index (χ3v) is 7.12. The van der Waals surface area contributed by atoms with Crippen LogP contribution in [0.25, 0.3) is 0 Å². The molecule has 3 amide bonds. The van der Waals surface area contributed by atoms with Gasteiger partial charge in [-0.1, -0.05) is 62.8 Å². The number of aliphatic hydroxyl groups excluding tert-OH is 1. The lowest BCUT2D eigenvalue weighted by Gasteiger charge is -2.22. The van der Waals surface area contributed by atoms with Crippen molar-refractivity contribution in [1.82, 2.24) is 9.80 Å². The number of nitrogens with zero attached hydrogens (tertiary/aromatic N) is 2. The number of ether oxygens (including phenoxy) is 3. The maximum Gasteiger partial charge on any atom is 0.257 e. The van der Waals surface area contributed by atoms with E-state index in [4.69, 9.17) is 25.8 Å². The third-order valence-electron chi connectivity index (χ3n) is 6.81. The highest BCUT2D eigenvalue weighted by molar-refractivity contribution is 6.25. The quantitative estimate of drug-likeness (QED) is 0.0946. The average molecular weight is 583 g/mol. The summed E-state index contributed by atoms with van der Waals surface area (Å²) >= 11 is 6.02. The van der Waals surface area contributed by atoms with Crippen LogP contribution in [0.2, 0.25) is 0 Å². The zero-order valence-corrected chi connectivity index (χ0v) is 25.5. The standard InChI is InChI=1S/C30H47ClN2O7/c1-6-7-8-9-11-14-24(38-3)15-12-10-13-16-28(35)32(2)21-23(20-31)17-25(39-4)18-29(36)33-26(22-34)27(40-5)19-30(33)37/h10,12,18-20,24,26,34H,6-9,11,13-17,21-22H2,1-5H3/b12-10+,23-20-,25-18+/t24?,26-/m1/s1. The molecule has 1 rings (SSSR count). The molecular weight excluding hydrogens is 536 g/mol. The number of rotatable bonds is 20. The molecule has 1 aliphatic heterocycles. The number of amides is 3. The summed E-state index contributed by atoms with van der Waals surface area (Å²) in [6.07, 6.45) is 15.9. The summed E-state index contributed by atoms with van der Waals surface area (Å²) < 4.78 is 16.0. The molecule has 1 heterocycles. The number of hydrogen-bond donors (Lipinski definition) is 1. The van der Waals surface area contributed by atoms with Gasteiger partial charge in [0.15, 0.2) is 0 Å². The van der Waals surface area contributed by atoms with E-state index >= 15 is 0 Å². The Morgan fingerprint density at radius 2 is 1.90 bits per heavy atom. The predicted molar refractivity (Wildman–Crippen MR) is 156 cm³/mol. The van der Waals surface area contributed by atoms with E-state index in [0.717, 1.165) is 17.7 Å². The van der Waals surface area contributed by atoms with Crippen molar-refractivity contribution >= 4 is 29.3 Å². The van der Waals surface area contributed by atoms with Crippen LogP contribution in [-0.2, 0) is 28.6 Å². The van der Waals surface area contributed by atoms with Crippen molar-refractivity contribution in [3.63, 3.8) is 0 Å². The van der Waals surface area contributed by atoms with Gasteiger partial charge in [-0.25, -0.2) is 0 Å². The van der Waals surface area contributed by atoms with Crippen molar-refractivity contribution in [3.8, 4) is 0 Å². The Balaban J connectivity index is 2.56. The van der Waals surface area contributed by atoms with Crippen molar-refractivity contribution in [2.45, 2.75) is 83.3 Å². The van der Waals surface area contributed by atoms with Crippen molar-refractivity contribution in [2.75, 3.05) is 41.5 Å². The van der Waals surface area contributed by atoms with Crippen LogP contribution in [-0.4, -0.2) is 86.3 Å². The molecular formula is C30H47ClN2O7. The van der Waals surface area contributed by atoms with Gasteiger partial charge in [0.25, 0.3) is 11.8 Å². The van der Waals surface area contributed by atoms with Crippen molar-refractivity contribution < 1.29 is 33.7 Å². The number of aliphatic hydroxyl groups is 1. The highest BCUT2D eigenvalue weighted by Gasteiger charge is 2.37. The molecule has 1 aliphatic rings. The van der Waals surface area contributed by atoms with Crippen molar-refractivity contribution in [3.05, 3.63) is 46.9 Å². The minimum absolute atomic E-state index is 0.0366. The topological polar surface area (TPSA) is 106 Å². The smallest absolute Gasteiger partial charge is 0.257 e. The minimum Gasteiger partial charge on any atom is -0.501 e. The second kappa shape index (κ2) is 20.3. The van der Waals surface area contributed by atoms with Gasteiger partial charge >= 0.3 is 0 Å². The molecule has 9 nitrogen and oxygen atoms in total. The predicted octanol–water partition coefficient (Wildman–Crippen LogP) is 4.85. The Morgan fingerprint density at radius 3 is 2.50 bits per heavy atom. The molecule has 0 aromatic rings. The van der Waals surface area contributed by atoms with Crippen molar-refractivity contribution in [1.29, 1.82) is 0 Å². The number of methoxy groups -OCH3 is 3. The van der Waals surface area contributed by atoms with E-state index in [1.807, 2.05) is 6.08 Å². The Hall–Kier alpha value is -2.62. The Bertz CT molecular complexity index is 929. The van der Waals surface area contributed by atoms with Gasteiger partial charge < -0.3 is 24.2 Å². The highest BCUT2D eigenvalue weighted by Crippen LogP contribution is 2.22. The largest absolute Gasteiger partial charge is 0.501 e. The number of hydrogen-bond acceptors (Lipinski definition) is 7. The maximum atomic E-state index is 12.8. The summed E-state index contributed by atoms with van der Waals surface area (Å²) in [4.78, 5) is 40.2. The summed E-state index contributed by atoms with van der Waals surface area (Å²) in [5.41, 5.74) is 2.01. The lowest BCUT2D eigenvalue weighted by Crippen LogP contribution is -2.42. The zero-order chi connectivity index (χ0) is 29.9. The summed E-state index contributed by atoms with van der Waals surface area (Å²) in [5, 5.41) is 9.62. The minimum atomic E-state index is -0.892. The highest BCUT2D eigenvalue weighted by atomic mass is 35.5. The van der Waals surface area contributed by atoms with Crippen LogP contribution in [0.3, 0.4) is 0 Å². The van der Waals surface area contributed by atoms with Gasteiger partial charge in [-0.3, -0.25) is 19.3 Å².